The lowest BCUT2D eigenvalue weighted by Gasteiger charge is -2.13. The van der Waals surface area contributed by atoms with Crippen molar-refractivity contribution >= 4 is 27.5 Å². The van der Waals surface area contributed by atoms with E-state index in [0.29, 0.717) is 33.8 Å². The minimum Gasteiger partial charge on any atom is -0.493 e. The van der Waals surface area contributed by atoms with E-state index in [9.17, 15) is 4.79 Å². The summed E-state index contributed by atoms with van der Waals surface area (Å²) in [4.78, 5) is 12.8. The van der Waals surface area contributed by atoms with Crippen molar-refractivity contribution in [1.29, 1.82) is 0 Å². The molecule has 2 heterocycles. The fourth-order valence-corrected chi connectivity index (χ4v) is 4.30. The number of anilines is 1. The van der Waals surface area contributed by atoms with Crippen LogP contribution in [0.2, 0.25) is 0 Å². The summed E-state index contributed by atoms with van der Waals surface area (Å²) in [5, 5.41) is 11.7. The van der Waals surface area contributed by atoms with Crippen LogP contribution in [0.25, 0.3) is 11.4 Å². The summed E-state index contributed by atoms with van der Waals surface area (Å²) in [5.74, 6) is 2.79. The van der Waals surface area contributed by atoms with E-state index in [-0.39, 0.29) is 5.91 Å². The largest absolute Gasteiger partial charge is 0.493 e. The molecule has 0 unspecified atom stereocenters. The second-order valence-electron chi connectivity index (χ2n) is 7.36. The first-order valence-electron chi connectivity index (χ1n) is 10.4. The third kappa shape index (κ3) is 4.58. The van der Waals surface area contributed by atoms with E-state index in [4.69, 9.17) is 9.47 Å². The van der Waals surface area contributed by atoms with Crippen molar-refractivity contribution in [3.63, 3.8) is 0 Å². The molecule has 7 nitrogen and oxygen atoms in total. The number of amides is 1. The molecule has 0 aliphatic carbocycles. The fourth-order valence-electron chi connectivity index (χ4n) is 3.74. The Hall–Kier alpha value is -2.87. The summed E-state index contributed by atoms with van der Waals surface area (Å²) in [6.07, 6.45) is 4.51. The highest BCUT2D eigenvalue weighted by Gasteiger charge is 2.17. The molecular formula is C23H25BrN4O3. The van der Waals surface area contributed by atoms with Crippen molar-refractivity contribution in [2.24, 2.45) is 0 Å². The number of carbonyl (C=O) groups is 1. The maximum Gasteiger partial charge on any atom is 0.255 e. The molecule has 0 atom stereocenters. The Balaban J connectivity index is 1.52. The van der Waals surface area contributed by atoms with Crippen LogP contribution in [0.5, 0.6) is 11.5 Å². The first-order chi connectivity index (χ1) is 15.1. The van der Waals surface area contributed by atoms with E-state index in [1.807, 2.05) is 31.2 Å². The fraction of sp³-hybridized carbons (Fsp3) is 0.348. The minimum atomic E-state index is -0.230. The molecule has 1 amide bonds. The molecule has 0 radical (unpaired) electrons. The van der Waals surface area contributed by atoms with Gasteiger partial charge in [-0.2, -0.15) is 0 Å². The van der Waals surface area contributed by atoms with Gasteiger partial charge in [0.15, 0.2) is 17.3 Å². The summed E-state index contributed by atoms with van der Waals surface area (Å²) < 4.78 is 13.9. The van der Waals surface area contributed by atoms with Crippen LogP contribution in [0.4, 0.5) is 5.69 Å². The molecule has 2 aromatic carbocycles. The molecule has 0 spiro atoms. The Morgan fingerprint density at radius 2 is 1.97 bits per heavy atom. The molecule has 3 aromatic rings. The maximum absolute atomic E-state index is 12.8. The standard InChI is InChI=1S/C23H25BrN4O3/c1-3-31-21-18(24)13-16(14-19(21)30-2)23(29)25-17-10-8-15(9-11-17)22-27-26-20-7-5-4-6-12-28(20)22/h8-11,13-14H,3-7,12H2,1-2H3,(H,25,29). The van der Waals surface area contributed by atoms with E-state index in [1.165, 1.54) is 6.42 Å². The zero-order valence-corrected chi connectivity index (χ0v) is 19.2. The summed E-state index contributed by atoms with van der Waals surface area (Å²) in [5.41, 5.74) is 2.16. The molecule has 0 bridgehead atoms. The van der Waals surface area contributed by atoms with Crippen LogP contribution in [0.15, 0.2) is 40.9 Å². The van der Waals surface area contributed by atoms with Crippen LogP contribution >= 0.6 is 15.9 Å². The lowest BCUT2D eigenvalue weighted by atomic mass is 10.1. The molecule has 1 N–H and O–H groups in total. The lowest BCUT2D eigenvalue weighted by Crippen LogP contribution is -2.12. The third-order valence-electron chi connectivity index (χ3n) is 5.29. The summed E-state index contributed by atoms with van der Waals surface area (Å²) in [6, 6.07) is 11.1. The Labute approximate surface area is 189 Å². The summed E-state index contributed by atoms with van der Waals surface area (Å²) in [7, 11) is 1.55. The number of ether oxygens (including phenoxy) is 2. The normalized spacial score (nSPS) is 13.3. The number of carbonyl (C=O) groups excluding carboxylic acids is 1. The molecule has 1 aromatic heterocycles. The topological polar surface area (TPSA) is 78.3 Å². The van der Waals surface area contributed by atoms with Gasteiger partial charge in [-0.25, -0.2) is 0 Å². The van der Waals surface area contributed by atoms with Gasteiger partial charge in [0.2, 0.25) is 0 Å². The van der Waals surface area contributed by atoms with Crippen molar-refractivity contribution in [1.82, 2.24) is 14.8 Å². The van der Waals surface area contributed by atoms with Crippen LogP contribution in [-0.4, -0.2) is 34.4 Å². The molecule has 0 fully saturated rings. The number of nitrogens with zero attached hydrogens (tertiary/aromatic N) is 3. The Morgan fingerprint density at radius 1 is 1.16 bits per heavy atom. The number of hydrogen-bond donors (Lipinski definition) is 1. The Morgan fingerprint density at radius 3 is 2.71 bits per heavy atom. The molecule has 31 heavy (non-hydrogen) atoms. The highest BCUT2D eigenvalue weighted by atomic mass is 79.9. The van der Waals surface area contributed by atoms with Gasteiger partial charge in [0, 0.05) is 29.8 Å². The van der Waals surface area contributed by atoms with Crippen LogP contribution in [-0.2, 0) is 13.0 Å². The van der Waals surface area contributed by atoms with Crippen molar-refractivity contribution < 1.29 is 14.3 Å². The molecule has 0 saturated carbocycles. The van der Waals surface area contributed by atoms with Crippen molar-refractivity contribution in [2.45, 2.75) is 39.2 Å². The van der Waals surface area contributed by atoms with Crippen LogP contribution in [0.3, 0.4) is 0 Å². The Bertz CT molecular complexity index is 1080. The average Bonchev–Trinajstić information content (AvgIpc) is 3.03. The van der Waals surface area contributed by atoms with Crippen LogP contribution in [0.1, 0.15) is 42.4 Å². The van der Waals surface area contributed by atoms with Gasteiger partial charge in [-0.05, 0) is 72.1 Å². The highest BCUT2D eigenvalue weighted by Crippen LogP contribution is 2.37. The smallest absolute Gasteiger partial charge is 0.255 e. The minimum absolute atomic E-state index is 0.230. The number of methoxy groups -OCH3 is 1. The monoisotopic (exact) mass is 484 g/mol. The molecule has 0 saturated heterocycles. The second-order valence-corrected chi connectivity index (χ2v) is 8.21. The van der Waals surface area contributed by atoms with Gasteiger partial charge in [0.1, 0.15) is 5.82 Å². The number of benzene rings is 2. The van der Waals surface area contributed by atoms with Gasteiger partial charge < -0.3 is 19.4 Å². The molecule has 8 heteroatoms. The van der Waals surface area contributed by atoms with E-state index < -0.39 is 0 Å². The van der Waals surface area contributed by atoms with Crippen molar-refractivity contribution in [3.05, 3.63) is 52.3 Å². The number of hydrogen-bond acceptors (Lipinski definition) is 5. The van der Waals surface area contributed by atoms with Crippen LogP contribution < -0.4 is 14.8 Å². The van der Waals surface area contributed by atoms with E-state index in [2.05, 4.69) is 36.0 Å². The first-order valence-corrected chi connectivity index (χ1v) is 11.2. The van der Waals surface area contributed by atoms with Gasteiger partial charge in [0.05, 0.1) is 18.2 Å². The number of fused-ring (bicyclic) bond motifs is 1. The Kier molecular flexibility index (Phi) is 6.56. The molecule has 162 valence electrons. The number of aryl methyl sites for hydroxylation is 1. The molecule has 4 rings (SSSR count). The maximum atomic E-state index is 12.8. The zero-order valence-electron chi connectivity index (χ0n) is 17.7. The number of aromatic nitrogens is 3. The number of halogens is 1. The zero-order chi connectivity index (χ0) is 21.8. The SMILES string of the molecule is CCOc1c(Br)cc(C(=O)Nc2ccc(-c3nnc4n3CCCCC4)cc2)cc1OC. The third-order valence-corrected chi connectivity index (χ3v) is 5.88. The van der Waals surface area contributed by atoms with Gasteiger partial charge in [0.25, 0.3) is 5.91 Å². The number of nitrogens with one attached hydrogen (secondary N) is 1. The van der Waals surface area contributed by atoms with E-state index >= 15 is 0 Å². The van der Waals surface area contributed by atoms with Crippen molar-refractivity contribution in [2.75, 3.05) is 19.0 Å². The number of rotatable bonds is 6. The van der Waals surface area contributed by atoms with Gasteiger partial charge in [-0.3, -0.25) is 4.79 Å². The van der Waals surface area contributed by atoms with Gasteiger partial charge in [-0.15, -0.1) is 10.2 Å². The molecule has 1 aliphatic rings. The molecular weight excluding hydrogens is 460 g/mol. The van der Waals surface area contributed by atoms with Crippen molar-refractivity contribution in [3.8, 4) is 22.9 Å². The quantitative estimate of drug-likeness (QED) is 0.526. The second kappa shape index (κ2) is 9.51. The lowest BCUT2D eigenvalue weighted by molar-refractivity contribution is 0.102. The average molecular weight is 485 g/mol. The van der Waals surface area contributed by atoms with Gasteiger partial charge in [-0.1, -0.05) is 6.42 Å². The predicted octanol–water partition coefficient (Wildman–Crippen LogP) is 5.09. The molecule has 1 aliphatic heterocycles. The van der Waals surface area contributed by atoms with Gasteiger partial charge >= 0.3 is 0 Å². The highest BCUT2D eigenvalue weighted by molar-refractivity contribution is 9.10. The van der Waals surface area contributed by atoms with E-state index in [0.717, 1.165) is 43.0 Å². The van der Waals surface area contributed by atoms with E-state index in [1.54, 1.807) is 19.2 Å². The van der Waals surface area contributed by atoms with Crippen LogP contribution in [0, 0.1) is 0 Å². The predicted molar refractivity (Wildman–Crippen MR) is 123 cm³/mol. The first kappa shape index (κ1) is 21.4. The summed E-state index contributed by atoms with van der Waals surface area (Å²) >= 11 is 3.46. The summed E-state index contributed by atoms with van der Waals surface area (Å²) in [6.45, 7) is 3.35.